The van der Waals surface area contributed by atoms with E-state index >= 15 is 0 Å². The second kappa shape index (κ2) is 6.93. The lowest BCUT2D eigenvalue weighted by molar-refractivity contribution is -0.144. The van der Waals surface area contributed by atoms with Crippen LogP contribution in [0.25, 0.3) is 0 Å². The van der Waals surface area contributed by atoms with Gasteiger partial charge in [0.2, 0.25) is 0 Å². The summed E-state index contributed by atoms with van der Waals surface area (Å²) in [4.78, 5) is 14.6. The predicted molar refractivity (Wildman–Crippen MR) is 93.5 cm³/mol. The van der Waals surface area contributed by atoms with Gasteiger partial charge in [-0.15, -0.1) is 0 Å². The van der Waals surface area contributed by atoms with E-state index in [2.05, 4.69) is 38.2 Å². The van der Waals surface area contributed by atoms with Crippen LogP contribution in [0.4, 0.5) is 0 Å². The fourth-order valence-corrected chi connectivity index (χ4v) is 5.55. The average molecular weight is 338 g/mol. The summed E-state index contributed by atoms with van der Waals surface area (Å²) in [6.07, 6.45) is 3.70. The van der Waals surface area contributed by atoms with Crippen LogP contribution < -0.4 is 5.32 Å². The van der Waals surface area contributed by atoms with Crippen molar-refractivity contribution in [1.29, 1.82) is 0 Å². The molecule has 5 heteroatoms. The molecule has 3 aliphatic rings. The predicted octanol–water partition coefficient (Wildman–Crippen LogP) is 1.50. The zero-order chi connectivity index (χ0) is 17.5. The van der Waals surface area contributed by atoms with E-state index in [-0.39, 0.29) is 35.4 Å². The molecular formula is C19H34N2O3. The molecule has 1 aliphatic heterocycles. The van der Waals surface area contributed by atoms with Crippen LogP contribution in [0.5, 0.6) is 0 Å². The Kier molecular flexibility index (Phi) is 5.24. The third-order valence-electron chi connectivity index (χ3n) is 6.99. The molecule has 3 rings (SSSR count). The van der Waals surface area contributed by atoms with E-state index in [0.29, 0.717) is 18.4 Å². The van der Waals surface area contributed by atoms with Crippen LogP contribution >= 0.6 is 0 Å². The molecule has 0 aromatic rings. The molecule has 3 fully saturated rings. The summed E-state index contributed by atoms with van der Waals surface area (Å²) < 4.78 is 5.78. The number of nitrogens with one attached hydrogen (secondary N) is 1. The first-order chi connectivity index (χ1) is 11.3. The molecule has 2 saturated carbocycles. The molecule has 138 valence electrons. The van der Waals surface area contributed by atoms with Crippen molar-refractivity contribution >= 4 is 5.97 Å². The number of nitrogens with zero attached hydrogens (tertiary/aromatic N) is 1. The second-order valence-electron chi connectivity index (χ2n) is 8.88. The first-order valence-corrected chi connectivity index (χ1v) is 9.57. The maximum atomic E-state index is 12.4. The largest absolute Gasteiger partial charge is 0.462 e. The minimum absolute atomic E-state index is 0.0379. The highest BCUT2D eigenvalue weighted by Gasteiger charge is 2.57. The van der Waals surface area contributed by atoms with Gasteiger partial charge in [-0.2, -0.15) is 0 Å². The van der Waals surface area contributed by atoms with Gasteiger partial charge in [0.1, 0.15) is 6.10 Å². The lowest BCUT2D eigenvalue weighted by Gasteiger charge is -2.37. The quantitative estimate of drug-likeness (QED) is 0.588. The van der Waals surface area contributed by atoms with Crippen molar-refractivity contribution in [1.82, 2.24) is 10.2 Å². The van der Waals surface area contributed by atoms with E-state index < -0.39 is 0 Å². The molecule has 0 aromatic heterocycles. The van der Waals surface area contributed by atoms with Crippen LogP contribution in [-0.2, 0) is 9.53 Å². The van der Waals surface area contributed by atoms with Crippen molar-refractivity contribution in [2.45, 2.75) is 51.7 Å². The molecule has 2 aliphatic carbocycles. The van der Waals surface area contributed by atoms with Gasteiger partial charge in [-0.05, 0) is 57.0 Å². The van der Waals surface area contributed by atoms with Crippen molar-refractivity contribution in [3.8, 4) is 0 Å². The number of fused-ring (bicyclic) bond motifs is 2. The summed E-state index contributed by atoms with van der Waals surface area (Å²) in [5, 5.41) is 14.1. The van der Waals surface area contributed by atoms with Gasteiger partial charge in [0, 0.05) is 25.6 Å². The summed E-state index contributed by atoms with van der Waals surface area (Å²) in [5.41, 5.74) is -0.0608. The Morgan fingerprint density at radius 3 is 2.83 bits per heavy atom. The minimum atomic E-state index is -0.234. The molecule has 5 nitrogen and oxygen atoms in total. The van der Waals surface area contributed by atoms with Crippen molar-refractivity contribution in [2.24, 2.45) is 29.1 Å². The number of likely N-dealkylation sites (N-methyl/N-ethyl adjacent to an activating group) is 1. The Hall–Kier alpha value is -0.650. The number of esters is 1. The molecule has 0 radical (unpaired) electrons. The molecule has 1 heterocycles. The highest BCUT2D eigenvalue weighted by Crippen LogP contribution is 2.56. The number of aliphatic hydroxyl groups excluding tert-OH is 1. The number of ether oxygens (including phenoxy) is 1. The molecule has 0 bridgehead atoms. The number of hydrogen-bond donors (Lipinski definition) is 2. The number of carbonyl (C=O) groups excluding carboxylic acids is 1. The molecule has 7 atom stereocenters. The van der Waals surface area contributed by atoms with Crippen LogP contribution in [0.1, 0.15) is 39.5 Å². The SMILES string of the molecule is C[C@@H]1C[C@@H]2OC(=O)[C@@H](CNCCN(C)C)[C@H]2C[C@]2(C)[C@@H](O)CC[C@@H]12. The Balaban J connectivity index is 1.70. The lowest BCUT2D eigenvalue weighted by atomic mass is 9.68. The van der Waals surface area contributed by atoms with Gasteiger partial charge in [-0.3, -0.25) is 4.79 Å². The monoisotopic (exact) mass is 338 g/mol. The average Bonchev–Trinajstić information content (AvgIpc) is 2.90. The van der Waals surface area contributed by atoms with Crippen LogP contribution in [0.3, 0.4) is 0 Å². The third kappa shape index (κ3) is 3.23. The maximum Gasteiger partial charge on any atom is 0.310 e. The highest BCUT2D eigenvalue weighted by molar-refractivity contribution is 5.75. The molecule has 24 heavy (non-hydrogen) atoms. The Morgan fingerprint density at radius 2 is 2.12 bits per heavy atom. The van der Waals surface area contributed by atoms with Gasteiger partial charge in [0.15, 0.2) is 0 Å². The van der Waals surface area contributed by atoms with Gasteiger partial charge in [0.05, 0.1) is 12.0 Å². The molecule has 0 amide bonds. The molecule has 0 spiro atoms. The van der Waals surface area contributed by atoms with Gasteiger partial charge in [-0.25, -0.2) is 0 Å². The number of rotatable bonds is 5. The fourth-order valence-electron chi connectivity index (χ4n) is 5.55. The van der Waals surface area contributed by atoms with Crippen LogP contribution in [0.15, 0.2) is 0 Å². The summed E-state index contributed by atoms with van der Waals surface area (Å²) in [6, 6.07) is 0. The Labute approximate surface area is 146 Å². The standard InChI is InChI=1S/C19H34N2O3/c1-12-9-16-13(10-19(2)15(12)5-6-17(19)22)14(18(23)24-16)11-20-7-8-21(3)4/h12-17,20,22H,5-11H2,1-4H3/t12-,13-,14+,15+,16+,17+,19+/m1/s1. The van der Waals surface area contributed by atoms with Crippen molar-refractivity contribution in [2.75, 3.05) is 33.7 Å². The maximum absolute atomic E-state index is 12.4. The van der Waals surface area contributed by atoms with Crippen LogP contribution in [0.2, 0.25) is 0 Å². The Bertz CT molecular complexity index is 470. The van der Waals surface area contributed by atoms with E-state index in [1.165, 1.54) is 0 Å². The van der Waals surface area contributed by atoms with E-state index in [0.717, 1.165) is 38.8 Å². The minimum Gasteiger partial charge on any atom is -0.462 e. The summed E-state index contributed by atoms with van der Waals surface area (Å²) in [5.74, 6) is 1.21. The summed E-state index contributed by atoms with van der Waals surface area (Å²) in [7, 11) is 4.10. The van der Waals surface area contributed by atoms with Crippen LogP contribution in [0, 0.1) is 29.1 Å². The molecular weight excluding hydrogens is 304 g/mol. The zero-order valence-corrected chi connectivity index (χ0v) is 15.6. The van der Waals surface area contributed by atoms with Gasteiger partial charge in [0.25, 0.3) is 0 Å². The van der Waals surface area contributed by atoms with Crippen molar-refractivity contribution in [3.05, 3.63) is 0 Å². The van der Waals surface area contributed by atoms with E-state index in [9.17, 15) is 9.90 Å². The number of hydrogen-bond acceptors (Lipinski definition) is 5. The van der Waals surface area contributed by atoms with E-state index in [1.54, 1.807) is 0 Å². The van der Waals surface area contributed by atoms with Gasteiger partial charge < -0.3 is 20.1 Å². The van der Waals surface area contributed by atoms with Crippen molar-refractivity contribution < 1.29 is 14.6 Å². The molecule has 0 aromatic carbocycles. The fraction of sp³-hybridized carbons (Fsp3) is 0.947. The second-order valence-corrected chi connectivity index (χ2v) is 8.88. The zero-order valence-electron chi connectivity index (χ0n) is 15.6. The normalized spacial score (nSPS) is 45.0. The first-order valence-electron chi connectivity index (χ1n) is 9.57. The molecule has 1 saturated heterocycles. The topological polar surface area (TPSA) is 61.8 Å². The number of carbonyl (C=O) groups is 1. The van der Waals surface area contributed by atoms with Crippen molar-refractivity contribution in [3.63, 3.8) is 0 Å². The highest BCUT2D eigenvalue weighted by atomic mass is 16.6. The molecule has 0 unspecified atom stereocenters. The smallest absolute Gasteiger partial charge is 0.310 e. The van der Waals surface area contributed by atoms with E-state index in [4.69, 9.17) is 4.74 Å². The van der Waals surface area contributed by atoms with Crippen LogP contribution in [-0.4, -0.2) is 61.9 Å². The molecule has 2 N–H and O–H groups in total. The number of aliphatic hydroxyl groups is 1. The summed E-state index contributed by atoms with van der Waals surface area (Å²) >= 11 is 0. The lowest BCUT2D eigenvalue weighted by Crippen LogP contribution is -2.39. The first kappa shape index (κ1) is 18.2. The third-order valence-corrected chi connectivity index (χ3v) is 6.99. The summed E-state index contributed by atoms with van der Waals surface area (Å²) in [6.45, 7) is 7.06. The van der Waals surface area contributed by atoms with Gasteiger partial charge in [-0.1, -0.05) is 13.8 Å². The van der Waals surface area contributed by atoms with E-state index in [1.807, 2.05) is 0 Å². The van der Waals surface area contributed by atoms with Gasteiger partial charge >= 0.3 is 5.97 Å². The Morgan fingerprint density at radius 1 is 1.38 bits per heavy atom.